The van der Waals surface area contributed by atoms with Crippen LogP contribution in [0.1, 0.15) is 28.8 Å². The summed E-state index contributed by atoms with van der Waals surface area (Å²) in [6.45, 7) is 5.49. The van der Waals surface area contributed by atoms with E-state index in [4.69, 9.17) is 9.15 Å². The molecule has 1 atom stereocenters. The van der Waals surface area contributed by atoms with Gasteiger partial charge >= 0.3 is 12.0 Å². The van der Waals surface area contributed by atoms with E-state index in [2.05, 4.69) is 5.32 Å². The molecule has 0 aromatic carbocycles. The molecule has 1 saturated heterocycles. The third kappa shape index (κ3) is 2.66. The lowest BCUT2D eigenvalue weighted by Gasteiger charge is -2.17. The zero-order valence-corrected chi connectivity index (χ0v) is 11.6. The molecule has 1 aliphatic rings. The molecule has 7 nitrogen and oxygen atoms in total. The Morgan fingerprint density at radius 2 is 2.15 bits per heavy atom. The maximum Gasteiger partial charge on any atom is 0.342 e. The molecule has 0 spiro atoms. The minimum absolute atomic E-state index is 0.281. The van der Waals surface area contributed by atoms with Gasteiger partial charge in [-0.25, -0.2) is 9.59 Å². The molecular formula is C13H16N2O5. The number of rotatable bonds is 3. The third-order valence-corrected chi connectivity index (χ3v) is 3.02. The van der Waals surface area contributed by atoms with Gasteiger partial charge in [-0.2, -0.15) is 0 Å². The highest BCUT2D eigenvalue weighted by molar-refractivity contribution is 5.99. The summed E-state index contributed by atoms with van der Waals surface area (Å²) in [7, 11) is 0. The number of amides is 3. The van der Waals surface area contributed by atoms with E-state index in [1.165, 1.54) is 6.92 Å². The van der Waals surface area contributed by atoms with E-state index in [9.17, 15) is 14.4 Å². The van der Waals surface area contributed by atoms with Gasteiger partial charge in [-0.05, 0) is 26.8 Å². The molecule has 7 heteroatoms. The Hall–Kier alpha value is -2.31. The summed E-state index contributed by atoms with van der Waals surface area (Å²) >= 11 is 0. The van der Waals surface area contributed by atoms with Crippen LogP contribution >= 0.6 is 0 Å². The van der Waals surface area contributed by atoms with Crippen LogP contribution in [0.25, 0.3) is 0 Å². The summed E-state index contributed by atoms with van der Waals surface area (Å²) < 4.78 is 10.3. The van der Waals surface area contributed by atoms with Crippen LogP contribution in [0.4, 0.5) is 4.79 Å². The predicted octanol–water partition coefficient (Wildman–Crippen LogP) is 0.994. The first-order valence-electron chi connectivity index (χ1n) is 6.27. The average Bonchev–Trinajstić information content (AvgIpc) is 2.94. The van der Waals surface area contributed by atoms with Crippen LogP contribution in [-0.2, 0) is 9.53 Å². The van der Waals surface area contributed by atoms with Crippen molar-refractivity contribution in [3.05, 3.63) is 23.2 Å². The quantitative estimate of drug-likeness (QED) is 0.834. The standard InChI is InChI=1S/C13H16N2O5/c1-7-6-10(8(2)19-7)12(17)20-9(3)11(16)15-5-4-14-13(15)18/h6,9H,4-5H2,1-3H3,(H,14,18). The highest BCUT2D eigenvalue weighted by atomic mass is 16.5. The fourth-order valence-corrected chi connectivity index (χ4v) is 2.01. The lowest BCUT2D eigenvalue weighted by atomic mass is 10.2. The SMILES string of the molecule is Cc1cc(C(=O)OC(C)C(=O)N2CCNC2=O)c(C)o1. The maximum atomic E-state index is 12.0. The Labute approximate surface area is 115 Å². The molecule has 1 aromatic heterocycles. The molecule has 0 bridgehead atoms. The highest BCUT2D eigenvalue weighted by Gasteiger charge is 2.32. The normalized spacial score (nSPS) is 15.9. The molecule has 0 saturated carbocycles. The smallest absolute Gasteiger partial charge is 0.342 e. The predicted molar refractivity (Wildman–Crippen MR) is 68.2 cm³/mol. The van der Waals surface area contributed by atoms with E-state index in [0.717, 1.165) is 4.90 Å². The Kier molecular flexibility index (Phi) is 3.78. The fraction of sp³-hybridized carbons (Fsp3) is 0.462. The van der Waals surface area contributed by atoms with Gasteiger partial charge in [0.2, 0.25) is 0 Å². The van der Waals surface area contributed by atoms with Crippen molar-refractivity contribution in [1.29, 1.82) is 0 Å². The van der Waals surface area contributed by atoms with Crippen LogP contribution < -0.4 is 5.32 Å². The van der Waals surface area contributed by atoms with Crippen LogP contribution in [0.15, 0.2) is 10.5 Å². The summed E-state index contributed by atoms with van der Waals surface area (Å²) in [4.78, 5) is 36.3. The summed E-state index contributed by atoms with van der Waals surface area (Å²) in [6.07, 6.45) is -1.03. The number of ether oxygens (including phenoxy) is 1. The molecule has 1 unspecified atom stereocenters. The van der Waals surface area contributed by atoms with E-state index >= 15 is 0 Å². The number of carbonyl (C=O) groups is 3. The largest absolute Gasteiger partial charge is 0.466 e. The first-order valence-corrected chi connectivity index (χ1v) is 6.27. The van der Waals surface area contributed by atoms with Gasteiger partial charge in [0, 0.05) is 13.1 Å². The number of hydrogen-bond donors (Lipinski definition) is 1. The van der Waals surface area contributed by atoms with Crippen molar-refractivity contribution >= 4 is 17.9 Å². The minimum Gasteiger partial charge on any atom is -0.466 e. The summed E-state index contributed by atoms with van der Waals surface area (Å²) in [6, 6.07) is 1.09. The maximum absolute atomic E-state index is 12.0. The molecule has 3 amide bonds. The lowest BCUT2D eigenvalue weighted by Crippen LogP contribution is -2.41. The zero-order valence-electron chi connectivity index (χ0n) is 11.6. The van der Waals surface area contributed by atoms with Crippen molar-refractivity contribution in [3.8, 4) is 0 Å². The van der Waals surface area contributed by atoms with Crippen LogP contribution in [0.2, 0.25) is 0 Å². The number of imide groups is 1. The molecule has 20 heavy (non-hydrogen) atoms. The van der Waals surface area contributed by atoms with Crippen molar-refractivity contribution in [1.82, 2.24) is 10.2 Å². The van der Waals surface area contributed by atoms with E-state index in [1.54, 1.807) is 19.9 Å². The van der Waals surface area contributed by atoms with Crippen molar-refractivity contribution in [3.63, 3.8) is 0 Å². The third-order valence-electron chi connectivity index (χ3n) is 3.02. The second-order valence-electron chi connectivity index (χ2n) is 4.60. The first-order chi connectivity index (χ1) is 9.40. The Morgan fingerprint density at radius 1 is 1.45 bits per heavy atom. The number of nitrogens with one attached hydrogen (secondary N) is 1. The van der Waals surface area contributed by atoms with Crippen molar-refractivity contribution < 1.29 is 23.5 Å². The monoisotopic (exact) mass is 280 g/mol. The van der Waals surface area contributed by atoms with E-state index in [0.29, 0.717) is 18.1 Å². The number of furan rings is 1. The number of aryl methyl sites for hydroxylation is 2. The van der Waals surface area contributed by atoms with Crippen LogP contribution in [-0.4, -0.2) is 42.0 Å². The molecule has 1 fully saturated rings. The molecule has 2 rings (SSSR count). The summed E-state index contributed by atoms with van der Waals surface area (Å²) in [5.41, 5.74) is 0.285. The Balaban J connectivity index is 2.02. The molecule has 1 aliphatic heterocycles. The second kappa shape index (κ2) is 5.36. The summed E-state index contributed by atoms with van der Waals surface area (Å²) in [5.74, 6) is -0.149. The van der Waals surface area contributed by atoms with E-state index < -0.39 is 24.0 Å². The second-order valence-corrected chi connectivity index (χ2v) is 4.60. The Morgan fingerprint density at radius 3 is 2.65 bits per heavy atom. The van der Waals surface area contributed by atoms with E-state index in [-0.39, 0.29) is 12.1 Å². The van der Waals surface area contributed by atoms with Gasteiger partial charge in [-0.15, -0.1) is 0 Å². The summed E-state index contributed by atoms with van der Waals surface area (Å²) in [5, 5.41) is 2.51. The van der Waals surface area contributed by atoms with Crippen LogP contribution in [0.5, 0.6) is 0 Å². The van der Waals surface area contributed by atoms with Gasteiger partial charge in [-0.1, -0.05) is 0 Å². The van der Waals surface area contributed by atoms with Gasteiger partial charge in [0.1, 0.15) is 17.1 Å². The molecule has 2 heterocycles. The number of esters is 1. The number of urea groups is 1. The van der Waals surface area contributed by atoms with Gasteiger partial charge < -0.3 is 14.5 Å². The van der Waals surface area contributed by atoms with Gasteiger partial charge in [-0.3, -0.25) is 9.69 Å². The van der Waals surface area contributed by atoms with Gasteiger partial charge in [0.05, 0.1) is 0 Å². The molecule has 1 N–H and O–H groups in total. The zero-order chi connectivity index (χ0) is 14.9. The molecule has 108 valence electrons. The molecule has 0 aliphatic carbocycles. The lowest BCUT2D eigenvalue weighted by molar-refractivity contribution is -0.136. The number of carbonyl (C=O) groups excluding carboxylic acids is 3. The molecule has 0 radical (unpaired) electrons. The van der Waals surface area contributed by atoms with Crippen molar-refractivity contribution in [2.24, 2.45) is 0 Å². The van der Waals surface area contributed by atoms with Gasteiger partial charge in [0.25, 0.3) is 5.91 Å². The van der Waals surface area contributed by atoms with Crippen LogP contribution in [0, 0.1) is 13.8 Å². The number of nitrogens with zero attached hydrogens (tertiary/aromatic N) is 1. The number of hydrogen-bond acceptors (Lipinski definition) is 5. The van der Waals surface area contributed by atoms with Crippen molar-refractivity contribution in [2.45, 2.75) is 26.9 Å². The van der Waals surface area contributed by atoms with E-state index in [1.807, 2.05) is 0 Å². The molecular weight excluding hydrogens is 264 g/mol. The van der Waals surface area contributed by atoms with Gasteiger partial charge in [0.15, 0.2) is 6.10 Å². The van der Waals surface area contributed by atoms with Crippen LogP contribution in [0.3, 0.4) is 0 Å². The highest BCUT2D eigenvalue weighted by Crippen LogP contribution is 2.16. The fourth-order valence-electron chi connectivity index (χ4n) is 2.01. The topological polar surface area (TPSA) is 88.9 Å². The first kappa shape index (κ1) is 14.1. The minimum atomic E-state index is -1.03. The molecule has 1 aromatic rings. The average molecular weight is 280 g/mol. The van der Waals surface area contributed by atoms with Crippen molar-refractivity contribution in [2.75, 3.05) is 13.1 Å². The Bertz CT molecular complexity index is 563.